The van der Waals surface area contributed by atoms with Crippen LogP contribution in [-0.2, 0) is 4.79 Å². The molecule has 2 amide bonds. The Labute approximate surface area is 136 Å². The largest absolute Gasteiger partial charge is 0.492 e. The molecule has 1 aliphatic heterocycles. The van der Waals surface area contributed by atoms with Gasteiger partial charge in [0.2, 0.25) is 5.91 Å². The average molecular weight is 320 g/mol. The van der Waals surface area contributed by atoms with Crippen LogP contribution in [0.2, 0.25) is 0 Å². The van der Waals surface area contributed by atoms with E-state index < -0.39 is 5.60 Å². The summed E-state index contributed by atoms with van der Waals surface area (Å²) in [5.41, 5.74) is -0.258. The zero-order chi connectivity index (χ0) is 17.0. The highest BCUT2D eigenvalue weighted by molar-refractivity contribution is 5.94. The van der Waals surface area contributed by atoms with Crippen LogP contribution in [-0.4, -0.2) is 53.7 Å². The van der Waals surface area contributed by atoms with E-state index in [9.17, 15) is 14.7 Å². The lowest BCUT2D eigenvalue weighted by Gasteiger charge is -2.20. The number of amides is 2. The van der Waals surface area contributed by atoms with E-state index in [1.165, 1.54) is 6.92 Å². The van der Waals surface area contributed by atoms with Gasteiger partial charge >= 0.3 is 0 Å². The summed E-state index contributed by atoms with van der Waals surface area (Å²) in [4.78, 5) is 24.9. The van der Waals surface area contributed by atoms with E-state index in [4.69, 9.17) is 4.74 Å². The van der Waals surface area contributed by atoms with E-state index in [1.54, 1.807) is 36.1 Å². The van der Waals surface area contributed by atoms with Crippen molar-refractivity contribution in [3.8, 4) is 5.75 Å². The molecular formula is C17H24N2O4. The van der Waals surface area contributed by atoms with Crippen molar-refractivity contribution in [2.75, 3.05) is 26.2 Å². The van der Waals surface area contributed by atoms with Gasteiger partial charge in [-0.3, -0.25) is 9.59 Å². The summed E-state index contributed by atoms with van der Waals surface area (Å²) in [7, 11) is 0. The molecule has 1 aliphatic rings. The van der Waals surface area contributed by atoms with Crippen molar-refractivity contribution < 1.29 is 19.4 Å². The average Bonchev–Trinajstić information content (AvgIpc) is 2.77. The van der Waals surface area contributed by atoms with Crippen molar-refractivity contribution in [2.45, 2.75) is 26.4 Å². The van der Waals surface area contributed by atoms with Gasteiger partial charge < -0.3 is 20.1 Å². The van der Waals surface area contributed by atoms with Crippen LogP contribution in [0.1, 0.15) is 31.1 Å². The first-order chi connectivity index (χ1) is 10.8. The number of carbonyl (C=O) groups excluding carboxylic acids is 2. The van der Waals surface area contributed by atoms with Crippen molar-refractivity contribution in [3.63, 3.8) is 0 Å². The molecule has 2 atom stereocenters. The van der Waals surface area contributed by atoms with Gasteiger partial charge in [0, 0.05) is 31.5 Å². The SMILES string of the molecule is CC(=O)NCCOc1ccc(C(=O)N2CC(C)C(C)(O)C2)cc1. The number of hydrogen-bond acceptors (Lipinski definition) is 4. The topological polar surface area (TPSA) is 78.9 Å². The number of hydrogen-bond donors (Lipinski definition) is 2. The molecular weight excluding hydrogens is 296 g/mol. The van der Waals surface area contributed by atoms with Crippen LogP contribution < -0.4 is 10.1 Å². The minimum atomic E-state index is -0.831. The molecule has 126 valence electrons. The summed E-state index contributed by atoms with van der Waals surface area (Å²) in [6.45, 7) is 6.88. The van der Waals surface area contributed by atoms with Gasteiger partial charge in [-0.1, -0.05) is 6.92 Å². The number of carbonyl (C=O) groups is 2. The second-order valence-electron chi connectivity index (χ2n) is 6.30. The van der Waals surface area contributed by atoms with Crippen molar-refractivity contribution in [3.05, 3.63) is 29.8 Å². The Morgan fingerprint density at radius 3 is 2.57 bits per heavy atom. The fraction of sp³-hybridized carbons (Fsp3) is 0.529. The van der Waals surface area contributed by atoms with Crippen LogP contribution in [0.4, 0.5) is 0 Å². The van der Waals surface area contributed by atoms with Crippen LogP contribution in [0.25, 0.3) is 0 Å². The van der Waals surface area contributed by atoms with Crippen LogP contribution in [0.3, 0.4) is 0 Å². The maximum atomic E-state index is 12.5. The highest BCUT2D eigenvalue weighted by Gasteiger charge is 2.40. The fourth-order valence-corrected chi connectivity index (χ4v) is 2.56. The number of nitrogens with zero attached hydrogens (tertiary/aromatic N) is 1. The highest BCUT2D eigenvalue weighted by Crippen LogP contribution is 2.28. The van der Waals surface area contributed by atoms with Gasteiger partial charge in [0.25, 0.3) is 5.91 Å². The summed E-state index contributed by atoms with van der Waals surface area (Å²) in [5, 5.41) is 12.8. The van der Waals surface area contributed by atoms with Crippen LogP contribution in [0.5, 0.6) is 5.75 Å². The summed E-state index contributed by atoms with van der Waals surface area (Å²) in [5.74, 6) is 0.529. The van der Waals surface area contributed by atoms with E-state index in [0.717, 1.165) is 0 Å². The lowest BCUT2D eigenvalue weighted by molar-refractivity contribution is -0.119. The lowest BCUT2D eigenvalue weighted by atomic mass is 9.95. The zero-order valence-electron chi connectivity index (χ0n) is 13.8. The number of β-amino-alcohol motifs (C(OH)–C–C–N with tert-alkyl or cyclic N) is 1. The predicted octanol–water partition coefficient (Wildman–Crippen LogP) is 1.04. The molecule has 1 aromatic carbocycles. The van der Waals surface area contributed by atoms with Crippen molar-refractivity contribution in [1.29, 1.82) is 0 Å². The molecule has 1 saturated heterocycles. The third-order valence-electron chi connectivity index (χ3n) is 4.20. The smallest absolute Gasteiger partial charge is 0.253 e. The minimum absolute atomic E-state index is 0.0582. The van der Waals surface area contributed by atoms with E-state index in [-0.39, 0.29) is 17.7 Å². The molecule has 6 heteroatoms. The van der Waals surface area contributed by atoms with Gasteiger partial charge in [-0.05, 0) is 31.2 Å². The molecule has 0 bridgehead atoms. The maximum Gasteiger partial charge on any atom is 0.253 e. The van der Waals surface area contributed by atoms with E-state index in [2.05, 4.69) is 5.32 Å². The third kappa shape index (κ3) is 4.45. The molecule has 0 aliphatic carbocycles. The summed E-state index contributed by atoms with van der Waals surface area (Å²) < 4.78 is 5.49. The lowest BCUT2D eigenvalue weighted by Crippen LogP contribution is -2.35. The van der Waals surface area contributed by atoms with Gasteiger partial charge in [0.05, 0.1) is 12.1 Å². The minimum Gasteiger partial charge on any atom is -0.492 e. The van der Waals surface area contributed by atoms with Gasteiger partial charge in [0.1, 0.15) is 12.4 Å². The predicted molar refractivity (Wildman–Crippen MR) is 86.3 cm³/mol. The van der Waals surface area contributed by atoms with Crippen LogP contribution in [0.15, 0.2) is 24.3 Å². The Morgan fingerprint density at radius 2 is 2.04 bits per heavy atom. The first-order valence-electron chi connectivity index (χ1n) is 7.78. The first kappa shape index (κ1) is 17.3. The first-order valence-corrected chi connectivity index (χ1v) is 7.78. The van der Waals surface area contributed by atoms with E-state index in [0.29, 0.717) is 37.6 Å². The molecule has 1 aromatic rings. The van der Waals surface area contributed by atoms with E-state index >= 15 is 0 Å². The van der Waals surface area contributed by atoms with Crippen molar-refractivity contribution in [1.82, 2.24) is 10.2 Å². The van der Waals surface area contributed by atoms with Gasteiger partial charge in [-0.15, -0.1) is 0 Å². The molecule has 6 nitrogen and oxygen atoms in total. The number of aliphatic hydroxyl groups is 1. The highest BCUT2D eigenvalue weighted by atomic mass is 16.5. The summed E-state index contributed by atoms with van der Waals surface area (Å²) >= 11 is 0. The monoisotopic (exact) mass is 320 g/mol. The van der Waals surface area contributed by atoms with Crippen LogP contribution in [0, 0.1) is 5.92 Å². The number of benzene rings is 1. The molecule has 0 radical (unpaired) electrons. The number of likely N-dealkylation sites (tertiary alicyclic amines) is 1. The van der Waals surface area contributed by atoms with Gasteiger partial charge in [-0.2, -0.15) is 0 Å². The quantitative estimate of drug-likeness (QED) is 0.795. The normalized spacial score (nSPS) is 23.7. The Balaban J connectivity index is 1.89. The Morgan fingerprint density at radius 1 is 1.39 bits per heavy atom. The Hall–Kier alpha value is -2.08. The second kappa shape index (κ2) is 7.00. The molecule has 1 heterocycles. The second-order valence-corrected chi connectivity index (χ2v) is 6.30. The van der Waals surface area contributed by atoms with Gasteiger partial charge in [-0.25, -0.2) is 0 Å². The molecule has 2 N–H and O–H groups in total. The molecule has 2 unspecified atom stereocenters. The number of ether oxygens (including phenoxy) is 1. The van der Waals surface area contributed by atoms with Crippen molar-refractivity contribution in [2.24, 2.45) is 5.92 Å². The summed E-state index contributed by atoms with van der Waals surface area (Å²) in [6.07, 6.45) is 0. The third-order valence-corrected chi connectivity index (χ3v) is 4.20. The number of rotatable bonds is 5. The molecule has 1 fully saturated rings. The fourth-order valence-electron chi connectivity index (χ4n) is 2.56. The Bertz CT molecular complexity index is 568. The zero-order valence-corrected chi connectivity index (χ0v) is 13.8. The summed E-state index contributed by atoms with van der Waals surface area (Å²) in [6, 6.07) is 6.90. The Kier molecular flexibility index (Phi) is 5.26. The molecule has 2 rings (SSSR count). The standard InChI is InChI=1S/C17H24N2O4/c1-12-10-19(11-17(12,3)22)16(21)14-4-6-15(7-5-14)23-9-8-18-13(2)20/h4-7,12,22H,8-11H2,1-3H3,(H,18,20). The molecule has 0 spiro atoms. The molecule has 23 heavy (non-hydrogen) atoms. The van der Waals surface area contributed by atoms with Crippen molar-refractivity contribution >= 4 is 11.8 Å². The maximum absolute atomic E-state index is 12.5. The number of nitrogens with one attached hydrogen (secondary N) is 1. The van der Waals surface area contributed by atoms with Crippen LogP contribution >= 0.6 is 0 Å². The molecule has 0 aromatic heterocycles. The van der Waals surface area contributed by atoms with Gasteiger partial charge in [0.15, 0.2) is 0 Å². The van der Waals surface area contributed by atoms with E-state index in [1.807, 2.05) is 6.92 Å². The molecule has 0 saturated carbocycles.